The molecule has 1 aliphatic rings. The molecule has 9 heteroatoms. The van der Waals surface area contributed by atoms with Crippen molar-refractivity contribution in [3.8, 4) is 28.6 Å². The number of phenols is 1. The summed E-state index contributed by atoms with van der Waals surface area (Å²) in [5.74, 6) is 1.41. The van der Waals surface area contributed by atoms with Crippen molar-refractivity contribution in [2.45, 2.75) is 26.3 Å². The van der Waals surface area contributed by atoms with Gasteiger partial charge in [0.2, 0.25) is 0 Å². The first-order valence-corrected chi connectivity index (χ1v) is 10.8. The zero-order valence-electron chi connectivity index (χ0n) is 16.0. The molecule has 148 valence electrons. The molecule has 8 nitrogen and oxygen atoms in total. The lowest BCUT2D eigenvalue weighted by Crippen LogP contribution is -2.14. The van der Waals surface area contributed by atoms with Crippen LogP contribution in [0.25, 0.3) is 17.1 Å². The second kappa shape index (κ2) is 6.66. The standard InChI is InChI=1S/C19H22N4O4S/c1-12-18(13(2)23(21-12)15-6-9-28(25,26)11-15)22-8-7-20-19(22)14-4-5-17(27-3)16(24)10-14/h4-5,7-8,10,15,24H,6,9,11H2,1-3H3. The summed E-state index contributed by atoms with van der Waals surface area (Å²) in [6, 6.07) is 4.98. The lowest BCUT2D eigenvalue weighted by atomic mass is 10.1. The van der Waals surface area contributed by atoms with E-state index >= 15 is 0 Å². The van der Waals surface area contributed by atoms with Gasteiger partial charge in [0.1, 0.15) is 5.82 Å². The highest BCUT2D eigenvalue weighted by Gasteiger charge is 2.32. The Morgan fingerprint density at radius 2 is 2.07 bits per heavy atom. The first kappa shape index (κ1) is 18.5. The van der Waals surface area contributed by atoms with E-state index < -0.39 is 9.84 Å². The molecule has 2 aromatic heterocycles. The normalized spacial score (nSPS) is 18.5. The number of hydrogen-bond donors (Lipinski definition) is 1. The maximum absolute atomic E-state index is 11.9. The van der Waals surface area contributed by atoms with Crippen molar-refractivity contribution in [1.82, 2.24) is 19.3 Å². The summed E-state index contributed by atoms with van der Waals surface area (Å²) in [6.45, 7) is 3.84. The molecule has 1 unspecified atom stereocenters. The fourth-order valence-electron chi connectivity index (χ4n) is 3.85. The number of sulfone groups is 1. The molecule has 1 N–H and O–H groups in total. The zero-order valence-corrected chi connectivity index (χ0v) is 16.8. The molecule has 0 bridgehead atoms. The van der Waals surface area contributed by atoms with E-state index in [0.717, 1.165) is 22.6 Å². The van der Waals surface area contributed by atoms with Gasteiger partial charge in [0.15, 0.2) is 21.3 Å². The van der Waals surface area contributed by atoms with Crippen LogP contribution in [0, 0.1) is 13.8 Å². The van der Waals surface area contributed by atoms with E-state index in [4.69, 9.17) is 4.74 Å². The molecule has 1 aliphatic heterocycles. The number of methoxy groups -OCH3 is 1. The molecule has 0 spiro atoms. The van der Waals surface area contributed by atoms with Crippen LogP contribution in [0.2, 0.25) is 0 Å². The molecule has 0 aliphatic carbocycles. The minimum absolute atomic E-state index is 0.0369. The number of rotatable bonds is 4. The quantitative estimate of drug-likeness (QED) is 0.720. The van der Waals surface area contributed by atoms with Crippen LogP contribution >= 0.6 is 0 Å². The molecule has 3 aromatic rings. The number of hydrogen-bond acceptors (Lipinski definition) is 6. The summed E-state index contributed by atoms with van der Waals surface area (Å²) >= 11 is 0. The van der Waals surface area contributed by atoms with Crippen LogP contribution in [0.4, 0.5) is 0 Å². The van der Waals surface area contributed by atoms with E-state index in [9.17, 15) is 13.5 Å². The zero-order chi connectivity index (χ0) is 20.1. The third kappa shape index (κ3) is 3.05. The number of aromatic nitrogens is 4. The average molecular weight is 402 g/mol. The van der Waals surface area contributed by atoms with Gasteiger partial charge in [-0.2, -0.15) is 5.10 Å². The Morgan fingerprint density at radius 1 is 1.29 bits per heavy atom. The number of ether oxygens (including phenoxy) is 1. The van der Waals surface area contributed by atoms with Gasteiger partial charge in [-0.15, -0.1) is 0 Å². The fraction of sp³-hybridized carbons (Fsp3) is 0.368. The molecule has 4 rings (SSSR count). The van der Waals surface area contributed by atoms with E-state index in [1.807, 2.05) is 35.4 Å². The van der Waals surface area contributed by atoms with Gasteiger partial charge in [0, 0.05) is 18.0 Å². The topological polar surface area (TPSA) is 99.2 Å². The summed E-state index contributed by atoms with van der Waals surface area (Å²) in [5.41, 5.74) is 3.28. The first-order valence-electron chi connectivity index (χ1n) is 8.98. The lowest BCUT2D eigenvalue weighted by molar-refractivity contribution is 0.373. The van der Waals surface area contributed by atoms with Crippen LogP contribution in [-0.2, 0) is 9.84 Å². The van der Waals surface area contributed by atoms with Gasteiger partial charge in [0.25, 0.3) is 0 Å². The van der Waals surface area contributed by atoms with Gasteiger partial charge in [-0.25, -0.2) is 13.4 Å². The maximum atomic E-state index is 11.9. The van der Waals surface area contributed by atoms with Gasteiger partial charge < -0.3 is 9.84 Å². The number of benzene rings is 1. The monoisotopic (exact) mass is 402 g/mol. The predicted molar refractivity (Wildman–Crippen MR) is 105 cm³/mol. The Morgan fingerprint density at radius 3 is 2.71 bits per heavy atom. The van der Waals surface area contributed by atoms with Crippen LogP contribution in [0.1, 0.15) is 23.9 Å². The van der Waals surface area contributed by atoms with E-state index in [1.54, 1.807) is 18.3 Å². The van der Waals surface area contributed by atoms with Gasteiger partial charge in [0.05, 0.1) is 41.7 Å². The summed E-state index contributed by atoms with van der Waals surface area (Å²) in [6.07, 6.45) is 4.10. The van der Waals surface area contributed by atoms with Crippen molar-refractivity contribution in [3.05, 3.63) is 42.0 Å². The van der Waals surface area contributed by atoms with E-state index in [-0.39, 0.29) is 23.3 Å². The van der Waals surface area contributed by atoms with Crippen molar-refractivity contribution in [3.63, 3.8) is 0 Å². The van der Waals surface area contributed by atoms with Crippen molar-refractivity contribution < 1.29 is 18.3 Å². The van der Waals surface area contributed by atoms with E-state index in [2.05, 4.69) is 10.1 Å². The third-order valence-electron chi connectivity index (χ3n) is 5.16. The molecule has 1 aromatic carbocycles. The van der Waals surface area contributed by atoms with Crippen LogP contribution in [0.15, 0.2) is 30.6 Å². The van der Waals surface area contributed by atoms with Crippen LogP contribution in [0.5, 0.6) is 11.5 Å². The molecule has 1 atom stereocenters. The number of aromatic hydroxyl groups is 1. The molecule has 0 amide bonds. The minimum Gasteiger partial charge on any atom is -0.504 e. The smallest absolute Gasteiger partial charge is 0.160 e. The first-order chi connectivity index (χ1) is 13.3. The van der Waals surface area contributed by atoms with Crippen molar-refractivity contribution in [2.24, 2.45) is 0 Å². The summed E-state index contributed by atoms with van der Waals surface area (Å²) in [7, 11) is -1.50. The molecule has 1 fully saturated rings. The number of aryl methyl sites for hydroxylation is 1. The molecule has 0 radical (unpaired) electrons. The van der Waals surface area contributed by atoms with Gasteiger partial charge >= 0.3 is 0 Å². The lowest BCUT2D eigenvalue weighted by Gasteiger charge is -2.13. The Kier molecular flexibility index (Phi) is 4.41. The molecular formula is C19H22N4O4S. The number of phenolic OH excluding ortho intramolecular Hbond substituents is 1. The predicted octanol–water partition coefficient (Wildman–Crippen LogP) is 2.43. The average Bonchev–Trinajstić information content (AvgIpc) is 3.32. The summed E-state index contributed by atoms with van der Waals surface area (Å²) in [5, 5.41) is 14.7. The van der Waals surface area contributed by atoms with Gasteiger partial charge in [-0.3, -0.25) is 9.25 Å². The van der Waals surface area contributed by atoms with Gasteiger partial charge in [-0.05, 0) is 38.5 Å². The Bertz CT molecular complexity index is 1150. The summed E-state index contributed by atoms with van der Waals surface area (Å²) in [4.78, 5) is 4.45. The van der Waals surface area contributed by atoms with Crippen LogP contribution in [0.3, 0.4) is 0 Å². The highest BCUT2D eigenvalue weighted by Crippen LogP contribution is 2.34. The van der Waals surface area contributed by atoms with Crippen molar-refractivity contribution >= 4 is 9.84 Å². The largest absolute Gasteiger partial charge is 0.504 e. The minimum atomic E-state index is -3.00. The third-order valence-corrected chi connectivity index (χ3v) is 6.91. The molecule has 28 heavy (non-hydrogen) atoms. The highest BCUT2D eigenvalue weighted by atomic mass is 32.2. The highest BCUT2D eigenvalue weighted by molar-refractivity contribution is 7.91. The molecular weight excluding hydrogens is 380 g/mol. The molecule has 1 saturated heterocycles. The second-order valence-electron chi connectivity index (χ2n) is 7.03. The Balaban J connectivity index is 1.78. The Hall–Kier alpha value is -2.81. The van der Waals surface area contributed by atoms with Crippen LogP contribution in [-0.4, -0.2) is 51.5 Å². The van der Waals surface area contributed by atoms with Crippen LogP contribution < -0.4 is 4.74 Å². The van der Waals surface area contributed by atoms with E-state index in [0.29, 0.717) is 18.0 Å². The number of imidazole rings is 1. The Labute approximate surface area is 163 Å². The SMILES string of the molecule is COc1ccc(-c2nccn2-c2c(C)nn(C3CCS(=O)(=O)C3)c2C)cc1O. The van der Waals surface area contributed by atoms with Crippen molar-refractivity contribution in [1.29, 1.82) is 0 Å². The number of nitrogens with zero attached hydrogens (tertiary/aromatic N) is 4. The van der Waals surface area contributed by atoms with Gasteiger partial charge in [-0.1, -0.05) is 0 Å². The van der Waals surface area contributed by atoms with Crippen molar-refractivity contribution in [2.75, 3.05) is 18.6 Å². The maximum Gasteiger partial charge on any atom is 0.160 e. The molecule has 0 saturated carbocycles. The summed E-state index contributed by atoms with van der Waals surface area (Å²) < 4.78 is 32.6. The second-order valence-corrected chi connectivity index (χ2v) is 9.26. The molecule has 3 heterocycles. The fourth-order valence-corrected chi connectivity index (χ4v) is 5.55. The van der Waals surface area contributed by atoms with E-state index in [1.165, 1.54) is 7.11 Å².